The molecular weight excluding hydrogens is 200 g/mol. The molecule has 2 heteroatoms. The summed E-state index contributed by atoms with van der Waals surface area (Å²) < 4.78 is 0. The van der Waals surface area contributed by atoms with Gasteiger partial charge in [0.15, 0.2) is 5.78 Å². The number of carbonyl (C=O) groups is 1. The summed E-state index contributed by atoms with van der Waals surface area (Å²) in [6, 6.07) is 0. The highest BCUT2D eigenvalue weighted by atomic mass is 16.3. The molecule has 0 aromatic heterocycles. The summed E-state index contributed by atoms with van der Waals surface area (Å²) in [5.74, 6) is -0.203. The Hall–Kier alpha value is -0.630. The maximum atomic E-state index is 11.3. The minimum Gasteiger partial charge on any atom is -0.385 e. The second-order valence-electron chi connectivity index (χ2n) is 4.57. The van der Waals surface area contributed by atoms with Crippen LogP contribution in [0.15, 0.2) is 12.2 Å². The van der Waals surface area contributed by atoms with Crippen molar-refractivity contribution < 1.29 is 9.90 Å². The van der Waals surface area contributed by atoms with Gasteiger partial charge in [0.25, 0.3) is 0 Å². The van der Waals surface area contributed by atoms with Crippen LogP contribution in [0.3, 0.4) is 0 Å². The predicted molar refractivity (Wildman–Crippen MR) is 68.4 cm³/mol. The van der Waals surface area contributed by atoms with E-state index in [0.29, 0.717) is 12.0 Å². The fourth-order valence-corrected chi connectivity index (χ4v) is 1.71. The Balaban J connectivity index is 3.38. The van der Waals surface area contributed by atoms with Crippen molar-refractivity contribution in [3.63, 3.8) is 0 Å². The number of Topliss-reactive ketones (excluding diaryl/α,β-unsaturated/α-hetero) is 1. The van der Waals surface area contributed by atoms with Crippen LogP contribution < -0.4 is 0 Å². The lowest BCUT2D eigenvalue weighted by Gasteiger charge is -2.08. The van der Waals surface area contributed by atoms with Gasteiger partial charge in [-0.15, -0.1) is 0 Å². The number of hydrogen-bond acceptors (Lipinski definition) is 2. The summed E-state index contributed by atoms with van der Waals surface area (Å²) in [5.41, 5.74) is 0.454. The molecule has 0 aliphatic carbocycles. The van der Waals surface area contributed by atoms with Crippen LogP contribution in [0.2, 0.25) is 0 Å². The molecule has 0 aromatic rings. The maximum absolute atomic E-state index is 11.3. The summed E-state index contributed by atoms with van der Waals surface area (Å²) in [6.07, 6.45) is 8.20. The number of unbranched alkanes of at least 4 members (excludes halogenated alkanes) is 6. The minimum absolute atomic E-state index is 0.203. The van der Waals surface area contributed by atoms with E-state index in [1.807, 2.05) is 0 Å². The fraction of sp³-hybridized carbons (Fsp3) is 0.786. The third-order valence-corrected chi connectivity index (χ3v) is 2.80. The predicted octanol–water partition coefficient (Wildman–Crippen LogP) is 3.63. The normalized spacial score (nSPS) is 12.4. The van der Waals surface area contributed by atoms with Gasteiger partial charge >= 0.3 is 0 Å². The highest BCUT2D eigenvalue weighted by Gasteiger charge is 2.14. The zero-order chi connectivity index (χ0) is 12.4. The van der Waals surface area contributed by atoms with Crippen molar-refractivity contribution in [2.45, 2.75) is 71.3 Å². The second kappa shape index (κ2) is 9.59. The maximum Gasteiger partial charge on any atom is 0.186 e. The van der Waals surface area contributed by atoms with E-state index in [-0.39, 0.29) is 5.78 Å². The summed E-state index contributed by atoms with van der Waals surface area (Å²) >= 11 is 0. The zero-order valence-corrected chi connectivity index (χ0v) is 10.8. The highest BCUT2D eigenvalue weighted by Crippen LogP contribution is 2.11. The van der Waals surface area contributed by atoms with Crippen LogP contribution in [-0.2, 0) is 4.79 Å². The first-order chi connectivity index (χ1) is 7.59. The van der Waals surface area contributed by atoms with Crippen LogP contribution in [0.5, 0.6) is 0 Å². The quantitative estimate of drug-likeness (QED) is 0.456. The van der Waals surface area contributed by atoms with E-state index in [9.17, 15) is 9.90 Å². The van der Waals surface area contributed by atoms with E-state index < -0.39 is 6.10 Å². The molecule has 0 saturated heterocycles. The molecule has 1 N–H and O–H groups in total. The van der Waals surface area contributed by atoms with Crippen molar-refractivity contribution in [2.75, 3.05) is 0 Å². The summed E-state index contributed by atoms with van der Waals surface area (Å²) in [6.45, 7) is 7.40. The molecule has 2 nitrogen and oxygen atoms in total. The molecule has 0 heterocycles. The van der Waals surface area contributed by atoms with Gasteiger partial charge in [-0.1, -0.05) is 58.4 Å². The third kappa shape index (κ3) is 7.63. The van der Waals surface area contributed by atoms with Gasteiger partial charge in [-0.2, -0.15) is 0 Å². The number of carbonyl (C=O) groups excluding carboxylic acids is 1. The largest absolute Gasteiger partial charge is 0.385 e. The van der Waals surface area contributed by atoms with Crippen LogP contribution in [0.1, 0.15) is 65.2 Å². The van der Waals surface area contributed by atoms with Gasteiger partial charge in [0.1, 0.15) is 6.10 Å². The summed E-state index contributed by atoms with van der Waals surface area (Å²) in [4.78, 5) is 11.3. The SMILES string of the molecule is C=C(C)C(=O)C(O)CCCCCCCCC. The molecule has 0 amide bonds. The Kier molecular flexibility index (Phi) is 9.21. The van der Waals surface area contributed by atoms with Gasteiger partial charge in [-0.25, -0.2) is 0 Å². The summed E-state index contributed by atoms with van der Waals surface area (Å²) in [5, 5.41) is 9.52. The first kappa shape index (κ1) is 15.4. The molecule has 0 saturated carbocycles. The minimum atomic E-state index is -0.826. The van der Waals surface area contributed by atoms with Crippen LogP contribution >= 0.6 is 0 Å². The van der Waals surface area contributed by atoms with Crippen molar-refractivity contribution in [1.82, 2.24) is 0 Å². The zero-order valence-electron chi connectivity index (χ0n) is 10.8. The van der Waals surface area contributed by atoms with Gasteiger partial charge in [0, 0.05) is 0 Å². The van der Waals surface area contributed by atoms with E-state index in [1.54, 1.807) is 6.92 Å². The first-order valence-corrected chi connectivity index (χ1v) is 6.47. The molecule has 1 unspecified atom stereocenters. The molecule has 0 rings (SSSR count). The molecule has 0 radical (unpaired) electrons. The van der Waals surface area contributed by atoms with Gasteiger partial charge in [-0.05, 0) is 18.9 Å². The first-order valence-electron chi connectivity index (χ1n) is 6.47. The van der Waals surface area contributed by atoms with Gasteiger partial charge in [0.2, 0.25) is 0 Å². The Morgan fingerprint density at radius 2 is 1.62 bits per heavy atom. The smallest absolute Gasteiger partial charge is 0.186 e. The molecule has 94 valence electrons. The van der Waals surface area contributed by atoms with Crippen LogP contribution in [0.25, 0.3) is 0 Å². The molecule has 0 fully saturated rings. The van der Waals surface area contributed by atoms with Gasteiger partial charge in [0.05, 0.1) is 0 Å². The highest BCUT2D eigenvalue weighted by molar-refractivity contribution is 5.97. The van der Waals surface area contributed by atoms with Crippen molar-refractivity contribution in [1.29, 1.82) is 0 Å². The fourth-order valence-electron chi connectivity index (χ4n) is 1.71. The molecule has 0 aliphatic heterocycles. The summed E-state index contributed by atoms with van der Waals surface area (Å²) in [7, 11) is 0. The Morgan fingerprint density at radius 3 is 2.12 bits per heavy atom. The topological polar surface area (TPSA) is 37.3 Å². The average molecular weight is 226 g/mol. The van der Waals surface area contributed by atoms with Gasteiger partial charge in [-0.3, -0.25) is 4.79 Å². The lowest BCUT2D eigenvalue weighted by Crippen LogP contribution is -2.20. The Morgan fingerprint density at radius 1 is 1.12 bits per heavy atom. The molecule has 0 aliphatic rings. The second-order valence-corrected chi connectivity index (χ2v) is 4.57. The van der Waals surface area contributed by atoms with E-state index in [1.165, 1.54) is 32.1 Å². The molecule has 0 spiro atoms. The van der Waals surface area contributed by atoms with E-state index in [0.717, 1.165) is 12.8 Å². The molecular formula is C14H26O2. The van der Waals surface area contributed by atoms with E-state index in [2.05, 4.69) is 13.5 Å². The Labute approximate surface area is 99.7 Å². The number of aliphatic hydroxyl groups excluding tert-OH is 1. The van der Waals surface area contributed by atoms with Crippen molar-refractivity contribution in [2.24, 2.45) is 0 Å². The third-order valence-electron chi connectivity index (χ3n) is 2.80. The molecule has 0 bridgehead atoms. The average Bonchev–Trinajstić information content (AvgIpc) is 2.26. The lowest BCUT2D eigenvalue weighted by molar-refractivity contribution is -0.123. The van der Waals surface area contributed by atoms with Gasteiger partial charge < -0.3 is 5.11 Å². The number of hydrogen-bond donors (Lipinski definition) is 1. The van der Waals surface area contributed by atoms with E-state index >= 15 is 0 Å². The van der Waals surface area contributed by atoms with Crippen molar-refractivity contribution in [3.8, 4) is 0 Å². The lowest BCUT2D eigenvalue weighted by atomic mass is 10.0. The number of rotatable bonds is 10. The van der Waals surface area contributed by atoms with Crippen molar-refractivity contribution in [3.05, 3.63) is 12.2 Å². The van der Waals surface area contributed by atoms with Crippen molar-refractivity contribution >= 4 is 5.78 Å². The molecule has 0 aromatic carbocycles. The molecule has 16 heavy (non-hydrogen) atoms. The number of aliphatic hydroxyl groups is 1. The van der Waals surface area contributed by atoms with Crippen LogP contribution in [0, 0.1) is 0 Å². The Bertz CT molecular complexity index is 209. The standard InChI is InChI=1S/C14H26O2/c1-4-5-6-7-8-9-10-11-13(15)14(16)12(2)3/h13,15H,2,4-11H2,1,3H3. The van der Waals surface area contributed by atoms with E-state index in [4.69, 9.17) is 0 Å². The van der Waals surface area contributed by atoms with Crippen LogP contribution in [-0.4, -0.2) is 17.0 Å². The van der Waals surface area contributed by atoms with Crippen LogP contribution in [0.4, 0.5) is 0 Å². The number of ketones is 1. The monoisotopic (exact) mass is 226 g/mol. The molecule has 1 atom stereocenters.